The highest BCUT2D eigenvalue weighted by Gasteiger charge is 2.58. The van der Waals surface area contributed by atoms with Gasteiger partial charge in [-0.25, -0.2) is 0 Å². The van der Waals surface area contributed by atoms with Gasteiger partial charge in [-0.15, -0.1) is 0 Å². The van der Waals surface area contributed by atoms with Gasteiger partial charge in [-0.05, 0) is 12.8 Å². The molecular formula is C25H33NO5. The second kappa shape index (κ2) is 9.23. The van der Waals surface area contributed by atoms with E-state index in [-0.39, 0.29) is 66.6 Å². The van der Waals surface area contributed by atoms with Crippen LogP contribution in [0.3, 0.4) is 0 Å². The fourth-order valence-electron chi connectivity index (χ4n) is 5.73. The molecule has 2 heterocycles. The molecule has 4 rings (SSSR count). The lowest BCUT2D eigenvalue weighted by molar-refractivity contribution is -0.131. The first kappa shape index (κ1) is 22.2. The second-order valence-electron chi connectivity index (χ2n) is 9.53. The minimum absolute atomic E-state index is 0.0234. The summed E-state index contributed by atoms with van der Waals surface area (Å²) >= 11 is 0. The lowest BCUT2D eigenvalue weighted by Gasteiger charge is -2.44. The molecule has 0 aromatic rings. The topological polar surface area (TPSA) is 95.9 Å². The number of amides is 1. The van der Waals surface area contributed by atoms with Gasteiger partial charge in [0, 0.05) is 43.1 Å². The maximum Gasteiger partial charge on any atom is 0.227 e. The Balaban J connectivity index is 1.68. The average Bonchev–Trinajstić information content (AvgIpc) is 3.09. The Hall–Kier alpha value is -2.02. The van der Waals surface area contributed by atoms with Crippen LogP contribution in [-0.2, 0) is 14.3 Å². The SMILES string of the molecule is C\C1=C/C=C/C=C\C(C)CNC(=O)CC(=O)C[C@@H]2O[C@H]3[C@@H]4[C@@H](C=C[C@H]1[C@H]42)[C@@H](O)C[C@H]3O. The molecule has 0 bridgehead atoms. The van der Waals surface area contributed by atoms with Gasteiger partial charge in [0.25, 0.3) is 0 Å². The number of ether oxygens (including phenoxy) is 1. The van der Waals surface area contributed by atoms with Crippen LogP contribution in [0.25, 0.3) is 0 Å². The van der Waals surface area contributed by atoms with E-state index in [2.05, 4.69) is 30.5 Å². The number of hydrogen-bond donors (Lipinski definition) is 3. The molecule has 1 saturated heterocycles. The van der Waals surface area contributed by atoms with Gasteiger partial charge in [0.2, 0.25) is 5.91 Å². The Bertz CT molecular complexity index is 828. The largest absolute Gasteiger partial charge is 0.392 e. The number of hydrogen-bond acceptors (Lipinski definition) is 5. The summed E-state index contributed by atoms with van der Waals surface area (Å²) in [5, 5.41) is 24.0. The highest BCUT2D eigenvalue weighted by molar-refractivity contribution is 5.98. The molecule has 31 heavy (non-hydrogen) atoms. The summed E-state index contributed by atoms with van der Waals surface area (Å²) in [6.07, 6.45) is 12.4. The van der Waals surface area contributed by atoms with Crippen molar-refractivity contribution in [1.29, 1.82) is 0 Å². The molecule has 2 aliphatic heterocycles. The van der Waals surface area contributed by atoms with Crippen LogP contribution >= 0.6 is 0 Å². The number of Topliss-reactive ketones (excluding diaryl/α,β-unsaturated/α-hetero) is 1. The first-order valence-electron chi connectivity index (χ1n) is 11.3. The third-order valence-corrected chi connectivity index (χ3v) is 7.25. The summed E-state index contributed by atoms with van der Waals surface area (Å²) in [6.45, 7) is 4.57. The van der Waals surface area contributed by atoms with E-state index in [9.17, 15) is 19.8 Å². The van der Waals surface area contributed by atoms with Gasteiger partial charge in [0.15, 0.2) is 0 Å². The summed E-state index contributed by atoms with van der Waals surface area (Å²) in [6, 6.07) is 0. The van der Waals surface area contributed by atoms with E-state index >= 15 is 0 Å². The van der Waals surface area contributed by atoms with Crippen molar-refractivity contribution in [3.63, 3.8) is 0 Å². The number of aliphatic hydroxyl groups excluding tert-OH is 2. The van der Waals surface area contributed by atoms with E-state index in [4.69, 9.17) is 4.74 Å². The Labute approximate surface area is 183 Å². The fourth-order valence-corrected chi connectivity index (χ4v) is 5.73. The van der Waals surface area contributed by atoms with Crippen LogP contribution in [0.1, 0.15) is 33.1 Å². The van der Waals surface area contributed by atoms with Crippen molar-refractivity contribution >= 4 is 11.7 Å². The van der Waals surface area contributed by atoms with Gasteiger partial charge in [-0.3, -0.25) is 9.59 Å². The molecule has 0 aromatic carbocycles. The number of allylic oxidation sites excluding steroid dienone is 6. The van der Waals surface area contributed by atoms with Crippen molar-refractivity contribution in [1.82, 2.24) is 5.32 Å². The Morgan fingerprint density at radius 1 is 1.03 bits per heavy atom. The molecule has 0 spiro atoms. The van der Waals surface area contributed by atoms with Crippen LogP contribution < -0.4 is 5.32 Å². The van der Waals surface area contributed by atoms with Crippen LogP contribution in [0, 0.1) is 29.6 Å². The Morgan fingerprint density at radius 3 is 2.65 bits per heavy atom. The van der Waals surface area contributed by atoms with Crippen molar-refractivity contribution in [3.8, 4) is 0 Å². The third kappa shape index (κ3) is 4.61. The van der Waals surface area contributed by atoms with Gasteiger partial charge in [-0.1, -0.05) is 55.0 Å². The number of rotatable bonds is 0. The molecule has 4 aliphatic rings. The zero-order valence-corrected chi connectivity index (χ0v) is 18.2. The Morgan fingerprint density at radius 2 is 1.84 bits per heavy atom. The first-order valence-corrected chi connectivity index (χ1v) is 11.3. The van der Waals surface area contributed by atoms with Gasteiger partial charge in [0.05, 0.1) is 30.8 Å². The number of carbonyl (C=O) groups excluding carboxylic acids is 2. The molecule has 1 saturated carbocycles. The molecule has 3 N–H and O–H groups in total. The number of carbonyl (C=O) groups is 2. The van der Waals surface area contributed by atoms with Crippen molar-refractivity contribution in [2.24, 2.45) is 29.6 Å². The van der Waals surface area contributed by atoms with E-state index in [0.717, 1.165) is 5.57 Å². The molecule has 1 unspecified atom stereocenters. The first-order chi connectivity index (χ1) is 14.8. The molecular weight excluding hydrogens is 394 g/mol. The normalized spacial score (nSPS) is 47.1. The van der Waals surface area contributed by atoms with Crippen molar-refractivity contribution in [3.05, 3.63) is 48.1 Å². The smallest absolute Gasteiger partial charge is 0.227 e. The molecule has 168 valence electrons. The van der Waals surface area contributed by atoms with E-state index in [0.29, 0.717) is 6.54 Å². The van der Waals surface area contributed by atoms with E-state index in [1.54, 1.807) is 0 Å². The summed E-state index contributed by atoms with van der Waals surface area (Å²) in [5.74, 6) is -0.367. The second-order valence-corrected chi connectivity index (χ2v) is 9.53. The van der Waals surface area contributed by atoms with E-state index in [1.165, 1.54) is 0 Å². The molecule has 1 amide bonds. The number of aliphatic hydroxyl groups is 2. The minimum Gasteiger partial charge on any atom is -0.392 e. The van der Waals surface area contributed by atoms with Crippen LogP contribution in [0.2, 0.25) is 0 Å². The molecule has 6 heteroatoms. The highest BCUT2D eigenvalue weighted by atomic mass is 16.5. The maximum absolute atomic E-state index is 12.7. The Kier molecular flexibility index (Phi) is 6.60. The standard InChI is InChI=1S/C25H33NO5/c1-14-6-4-3-5-7-15(2)17-8-9-18-19(28)12-20(29)25-24(18)23(17)21(31-25)10-16(27)11-22(30)26-13-14/h3-9,14,17-21,23-25,28-29H,10-13H2,1-2H3,(H,26,30)/b5-3+,6-4-,15-7+/t14?,17-,18+,19+,20-,21+,23+,24-,25-/m1/s1. The van der Waals surface area contributed by atoms with Gasteiger partial charge in [0.1, 0.15) is 5.78 Å². The van der Waals surface area contributed by atoms with Crippen LogP contribution in [0.4, 0.5) is 0 Å². The van der Waals surface area contributed by atoms with Gasteiger partial charge in [-0.2, -0.15) is 0 Å². The molecule has 2 aliphatic carbocycles. The summed E-state index contributed by atoms with van der Waals surface area (Å²) in [5.41, 5.74) is 1.15. The van der Waals surface area contributed by atoms with Gasteiger partial charge < -0.3 is 20.3 Å². The minimum atomic E-state index is -0.751. The molecule has 9 atom stereocenters. The number of ketones is 1. The number of nitrogens with one attached hydrogen (secondary N) is 1. The maximum atomic E-state index is 12.7. The molecule has 2 fully saturated rings. The van der Waals surface area contributed by atoms with Crippen molar-refractivity contribution < 1.29 is 24.5 Å². The quantitative estimate of drug-likeness (QED) is 0.406. The van der Waals surface area contributed by atoms with Crippen molar-refractivity contribution in [2.45, 2.75) is 57.5 Å². The highest BCUT2D eigenvalue weighted by Crippen LogP contribution is 2.53. The van der Waals surface area contributed by atoms with Crippen LogP contribution in [0.5, 0.6) is 0 Å². The van der Waals surface area contributed by atoms with Crippen molar-refractivity contribution in [2.75, 3.05) is 6.54 Å². The average molecular weight is 428 g/mol. The van der Waals surface area contributed by atoms with Gasteiger partial charge >= 0.3 is 0 Å². The molecule has 0 aromatic heterocycles. The van der Waals surface area contributed by atoms with E-state index < -0.39 is 18.3 Å². The summed E-state index contributed by atoms with van der Waals surface area (Å²) in [4.78, 5) is 25.0. The lowest BCUT2D eigenvalue weighted by Crippen LogP contribution is -2.50. The van der Waals surface area contributed by atoms with E-state index in [1.807, 2.05) is 31.2 Å². The predicted molar refractivity (Wildman–Crippen MR) is 117 cm³/mol. The zero-order chi connectivity index (χ0) is 22.1. The fraction of sp³-hybridized carbons (Fsp3) is 0.600. The third-order valence-electron chi connectivity index (χ3n) is 7.25. The lowest BCUT2D eigenvalue weighted by atomic mass is 9.60. The zero-order valence-electron chi connectivity index (χ0n) is 18.2. The monoisotopic (exact) mass is 427 g/mol. The van der Waals surface area contributed by atoms with Crippen LogP contribution in [-0.4, -0.2) is 52.9 Å². The summed E-state index contributed by atoms with van der Waals surface area (Å²) < 4.78 is 6.28. The summed E-state index contributed by atoms with van der Waals surface area (Å²) in [7, 11) is 0. The molecule has 0 radical (unpaired) electrons. The predicted octanol–water partition coefficient (Wildman–Crippen LogP) is 2.09. The van der Waals surface area contributed by atoms with Crippen LogP contribution in [0.15, 0.2) is 48.1 Å². The molecule has 6 nitrogen and oxygen atoms in total.